The minimum absolute atomic E-state index is 0.365. The second-order valence-electron chi connectivity index (χ2n) is 7.54. The highest BCUT2D eigenvalue weighted by Crippen LogP contribution is 2.38. The Morgan fingerprint density at radius 2 is 1.90 bits per heavy atom. The fraction of sp³-hybridized carbons (Fsp3) is 0.667. The van der Waals surface area contributed by atoms with Crippen LogP contribution in [0.4, 0.5) is 0 Å². The summed E-state index contributed by atoms with van der Waals surface area (Å²) in [5, 5.41) is 0. The molecule has 1 aromatic carbocycles. The van der Waals surface area contributed by atoms with Crippen molar-refractivity contribution < 1.29 is 0 Å². The monoisotopic (exact) mass is 272 g/mol. The first-order chi connectivity index (χ1) is 9.55. The molecule has 110 valence electrons. The van der Waals surface area contributed by atoms with E-state index in [1.807, 2.05) is 0 Å². The van der Waals surface area contributed by atoms with E-state index in [4.69, 9.17) is 5.73 Å². The summed E-state index contributed by atoms with van der Waals surface area (Å²) in [5.74, 6) is 0.699. The lowest BCUT2D eigenvalue weighted by Gasteiger charge is -2.40. The SMILES string of the molecule is CC1(C)CCN(C2CC(c3ccccc3)CCC2N)C1. The van der Waals surface area contributed by atoms with Gasteiger partial charge in [0.2, 0.25) is 0 Å². The Kier molecular flexibility index (Phi) is 3.87. The molecule has 0 aromatic heterocycles. The van der Waals surface area contributed by atoms with Crippen molar-refractivity contribution in [2.75, 3.05) is 13.1 Å². The van der Waals surface area contributed by atoms with Gasteiger partial charge in [-0.3, -0.25) is 4.90 Å². The highest BCUT2D eigenvalue weighted by Gasteiger charge is 2.38. The predicted molar refractivity (Wildman–Crippen MR) is 84.8 cm³/mol. The second-order valence-corrected chi connectivity index (χ2v) is 7.54. The van der Waals surface area contributed by atoms with Crippen LogP contribution >= 0.6 is 0 Å². The van der Waals surface area contributed by atoms with Gasteiger partial charge in [-0.1, -0.05) is 44.2 Å². The van der Waals surface area contributed by atoms with Crippen molar-refractivity contribution in [1.82, 2.24) is 4.90 Å². The average Bonchev–Trinajstić information content (AvgIpc) is 2.80. The van der Waals surface area contributed by atoms with E-state index in [-0.39, 0.29) is 0 Å². The van der Waals surface area contributed by atoms with Crippen LogP contribution in [0.5, 0.6) is 0 Å². The standard InChI is InChI=1S/C18H28N2/c1-18(2)10-11-20(13-18)17-12-15(8-9-16(17)19)14-6-4-3-5-7-14/h3-7,15-17H,8-13,19H2,1-2H3. The van der Waals surface area contributed by atoms with Crippen LogP contribution in [-0.2, 0) is 0 Å². The maximum absolute atomic E-state index is 6.45. The van der Waals surface area contributed by atoms with E-state index >= 15 is 0 Å². The van der Waals surface area contributed by atoms with E-state index in [0.29, 0.717) is 23.4 Å². The summed E-state index contributed by atoms with van der Waals surface area (Å²) in [6.45, 7) is 7.21. The maximum atomic E-state index is 6.45. The molecule has 2 fully saturated rings. The van der Waals surface area contributed by atoms with Gasteiger partial charge in [-0.2, -0.15) is 0 Å². The number of hydrogen-bond donors (Lipinski definition) is 1. The molecule has 2 heteroatoms. The van der Waals surface area contributed by atoms with Crippen LogP contribution in [0.3, 0.4) is 0 Å². The first-order valence-electron chi connectivity index (χ1n) is 8.10. The van der Waals surface area contributed by atoms with Crippen molar-refractivity contribution in [2.24, 2.45) is 11.1 Å². The van der Waals surface area contributed by atoms with Gasteiger partial charge >= 0.3 is 0 Å². The average molecular weight is 272 g/mol. The minimum Gasteiger partial charge on any atom is -0.326 e. The molecule has 1 heterocycles. The molecule has 2 N–H and O–H groups in total. The van der Waals surface area contributed by atoms with E-state index in [1.54, 1.807) is 0 Å². The number of hydrogen-bond acceptors (Lipinski definition) is 2. The largest absolute Gasteiger partial charge is 0.326 e. The Balaban J connectivity index is 1.71. The molecule has 2 nitrogen and oxygen atoms in total. The van der Waals surface area contributed by atoms with Crippen molar-refractivity contribution in [2.45, 2.75) is 57.5 Å². The van der Waals surface area contributed by atoms with Gasteiger partial charge in [0, 0.05) is 18.6 Å². The van der Waals surface area contributed by atoms with Gasteiger partial charge in [0.1, 0.15) is 0 Å². The zero-order valence-corrected chi connectivity index (χ0v) is 12.9. The molecule has 3 rings (SSSR count). The van der Waals surface area contributed by atoms with Crippen LogP contribution in [0.25, 0.3) is 0 Å². The van der Waals surface area contributed by atoms with Crippen molar-refractivity contribution in [3.8, 4) is 0 Å². The minimum atomic E-state index is 0.365. The Labute approximate surface area is 123 Å². The summed E-state index contributed by atoms with van der Waals surface area (Å²) in [5.41, 5.74) is 8.42. The third-order valence-electron chi connectivity index (χ3n) is 5.32. The summed E-state index contributed by atoms with van der Waals surface area (Å²) in [7, 11) is 0. The lowest BCUT2D eigenvalue weighted by Crippen LogP contribution is -2.50. The van der Waals surface area contributed by atoms with Gasteiger partial charge < -0.3 is 5.73 Å². The highest BCUT2D eigenvalue weighted by molar-refractivity contribution is 5.21. The molecule has 1 aliphatic carbocycles. The molecule has 0 bridgehead atoms. The first kappa shape index (κ1) is 14.1. The zero-order valence-electron chi connectivity index (χ0n) is 12.9. The van der Waals surface area contributed by atoms with E-state index in [1.165, 1.54) is 44.3 Å². The fourth-order valence-electron chi connectivity index (χ4n) is 4.06. The van der Waals surface area contributed by atoms with E-state index in [2.05, 4.69) is 49.1 Å². The Bertz CT molecular complexity index is 440. The van der Waals surface area contributed by atoms with Crippen molar-refractivity contribution in [1.29, 1.82) is 0 Å². The smallest absolute Gasteiger partial charge is 0.0253 e. The van der Waals surface area contributed by atoms with Gasteiger partial charge in [-0.15, -0.1) is 0 Å². The summed E-state index contributed by atoms with van der Waals surface area (Å²) in [6.07, 6.45) is 4.97. The zero-order chi connectivity index (χ0) is 14.2. The normalized spacial score (nSPS) is 34.2. The van der Waals surface area contributed by atoms with Crippen LogP contribution in [0.2, 0.25) is 0 Å². The molecule has 1 saturated carbocycles. The fourth-order valence-corrected chi connectivity index (χ4v) is 4.06. The van der Waals surface area contributed by atoms with Crippen molar-refractivity contribution in [3.05, 3.63) is 35.9 Å². The summed E-state index contributed by atoms with van der Waals surface area (Å²) in [6, 6.07) is 12.0. The lowest BCUT2D eigenvalue weighted by molar-refractivity contribution is 0.143. The number of rotatable bonds is 2. The molecule has 0 radical (unpaired) electrons. The predicted octanol–water partition coefficient (Wildman–Crippen LogP) is 3.38. The van der Waals surface area contributed by atoms with Gasteiger partial charge in [-0.05, 0) is 49.1 Å². The van der Waals surface area contributed by atoms with Crippen LogP contribution in [0, 0.1) is 5.41 Å². The van der Waals surface area contributed by atoms with Gasteiger partial charge in [0.15, 0.2) is 0 Å². The maximum Gasteiger partial charge on any atom is 0.0253 e. The first-order valence-corrected chi connectivity index (χ1v) is 8.10. The lowest BCUT2D eigenvalue weighted by atomic mass is 9.78. The molecular weight excluding hydrogens is 244 g/mol. The van der Waals surface area contributed by atoms with E-state index in [0.717, 1.165) is 0 Å². The molecule has 1 aromatic rings. The third kappa shape index (κ3) is 2.91. The molecule has 0 amide bonds. The molecule has 3 atom stereocenters. The third-order valence-corrected chi connectivity index (χ3v) is 5.32. The van der Waals surface area contributed by atoms with E-state index < -0.39 is 0 Å². The number of nitrogens with two attached hydrogens (primary N) is 1. The Morgan fingerprint density at radius 3 is 2.55 bits per heavy atom. The van der Waals surface area contributed by atoms with Crippen LogP contribution in [-0.4, -0.2) is 30.1 Å². The molecule has 20 heavy (non-hydrogen) atoms. The molecule has 0 spiro atoms. The molecule has 1 aliphatic heterocycles. The van der Waals surface area contributed by atoms with Gasteiger partial charge in [0.05, 0.1) is 0 Å². The highest BCUT2D eigenvalue weighted by atomic mass is 15.2. The molecule has 1 saturated heterocycles. The van der Waals surface area contributed by atoms with Crippen LogP contribution in [0.1, 0.15) is 51.0 Å². The van der Waals surface area contributed by atoms with Crippen LogP contribution < -0.4 is 5.73 Å². The van der Waals surface area contributed by atoms with Crippen LogP contribution in [0.15, 0.2) is 30.3 Å². The van der Waals surface area contributed by atoms with Gasteiger partial charge in [-0.25, -0.2) is 0 Å². The summed E-state index contributed by atoms with van der Waals surface area (Å²) < 4.78 is 0. The quantitative estimate of drug-likeness (QED) is 0.894. The Morgan fingerprint density at radius 1 is 1.15 bits per heavy atom. The topological polar surface area (TPSA) is 29.3 Å². The van der Waals surface area contributed by atoms with Gasteiger partial charge in [0.25, 0.3) is 0 Å². The summed E-state index contributed by atoms with van der Waals surface area (Å²) in [4.78, 5) is 2.67. The second kappa shape index (κ2) is 5.50. The molecule has 2 aliphatic rings. The Hall–Kier alpha value is -0.860. The molecule has 3 unspecified atom stereocenters. The number of benzene rings is 1. The van der Waals surface area contributed by atoms with Crippen molar-refractivity contribution >= 4 is 0 Å². The molecular formula is C18H28N2. The van der Waals surface area contributed by atoms with Crippen molar-refractivity contribution in [3.63, 3.8) is 0 Å². The summed E-state index contributed by atoms with van der Waals surface area (Å²) >= 11 is 0. The number of likely N-dealkylation sites (tertiary alicyclic amines) is 1. The van der Waals surface area contributed by atoms with E-state index in [9.17, 15) is 0 Å². The number of nitrogens with zero attached hydrogens (tertiary/aromatic N) is 1.